The monoisotopic (exact) mass is 286 g/mol. The molecule has 21 heavy (non-hydrogen) atoms. The molecule has 2 N–H and O–H groups in total. The number of rotatable bonds is 6. The Bertz CT molecular complexity index is 650. The Kier molecular flexibility index (Phi) is 4.81. The topological polar surface area (TPSA) is 97.1 Å². The van der Waals surface area contributed by atoms with Gasteiger partial charge in [-0.15, -0.1) is 5.10 Å². The molecule has 0 saturated carbocycles. The highest BCUT2D eigenvalue weighted by Crippen LogP contribution is 2.12. The van der Waals surface area contributed by atoms with Gasteiger partial charge in [0.1, 0.15) is 0 Å². The average Bonchev–Trinajstić information content (AvgIpc) is 2.97. The molecule has 0 unspecified atom stereocenters. The SMILES string of the molecule is O=C(O)/C=C/c1cccc(NC(=O)CCn2ccnn2)c1. The van der Waals surface area contributed by atoms with Gasteiger partial charge < -0.3 is 10.4 Å². The number of nitrogens with one attached hydrogen (secondary N) is 1. The van der Waals surface area contributed by atoms with Gasteiger partial charge >= 0.3 is 5.97 Å². The molecule has 108 valence electrons. The van der Waals surface area contributed by atoms with Crippen molar-refractivity contribution in [2.24, 2.45) is 0 Å². The maximum absolute atomic E-state index is 11.8. The number of anilines is 1. The van der Waals surface area contributed by atoms with Crippen LogP contribution in [-0.2, 0) is 16.1 Å². The predicted octanol–water partition coefficient (Wildman–Crippen LogP) is 1.40. The van der Waals surface area contributed by atoms with E-state index in [-0.39, 0.29) is 12.3 Å². The van der Waals surface area contributed by atoms with Crippen LogP contribution < -0.4 is 5.32 Å². The number of carboxylic acids is 1. The van der Waals surface area contributed by atoms with Gasteiger partial charge in [0.25, 0.3) is 0 Å². The second-order valence-electron chi connectivity index (χ2n) is 4.26. The molecule has 7 nitrogen and oxygen atoms in total. The van der Waals surface area contributed by atoms with Crippen molar-refractivity contribution >= 4 is 23.6 Å². The number of nitrogens with zero attached hydrogens (tertiary/aromatic N) is 3. The Morgan fingerprint density at radius 2 is 2.24 bits per heavy atom. The van der Waals surface area contributed by atoms with Crippen LogP contribution in [0.1, 0.15) is 12.0 Å². The van der Waals surface area contributed by atoms with E-state index in [0.717, 1.165) is 6.08 Å². The van der Waals surface area contributed by atoms with Crippen LogP contribution >= 0.6 is 0 Å². The first kappa shape index (κ1) is 14.4. The van der Waals surface area contributed by atoms with Crippen molar-refractivity contribution in [3.05, 3.63) is 48.3 Å². The summed E-state index contributed by atoms with van der Waals surface area (Å²) in [5, 5.41) is 18.8. The molecule has 0 fully saturated rings. The highest BCUT2D eigenvalue weighted by atomic mass is 16.4. The Balaban J connectivity index is 1.91. The Morgan fingerprint density at radius 3 is 2.95 bits per heavy atom. The van der Waals surface area contributed by atoms with Crippen LogP contribution in [0.2, 0.25) is 0 Å². The van der Waals surface area contributed by atoms with Crippen molar-refractivity contribution < 1.29 is 14.7 Å². The first-order valence-electron chi connectivity index (χ1n) is 6.28. The third kappa shape index (κ3) is 4.90. The van der Waals surface area contributed by atoms with Gasteiger partial charge in [-0.25, -0.2) is 4.79 Å². The average molecular weight is 286 g/mol. The van der Waals surface area contributed by atoms with Crippen LogP contribution in [0.25, 0.3) is 6.08 Å². The maximum Gasteiger partial charge on any atom is 0.328 e. The number of aromatic nitrogens is 3. The third-order valence-electron chi connectivity index (χ3n) is 2.63. The van der Waals surface area contributed by atoms with E-state index in [0.29, 0.717) is 17.8 Å². The Labute approximate surface area is 120 Å². The lowest BCUT2D eigenvalue weighted by atomic mass is 10.2. The third-order valence-corrected chi connectivity index (χ3v) is 2.63. The van der Waals surface area contributed by atoms with Gasteiger partial charge in [0, 0.05) is 24.4 Å². The molecule has 0 bridgehead atoms. The number of benzene rings is 1. The van der Waals surface area contributed by atoms with Crippen LogP contribution in [0.3, 0.4) is 0 Å². The number of carbonyl (C=O) groups excluding carboxylic acids is 1. The molecule has 0 atom stereocenters. The van der Waals surface area contributed by atoms with Crippen molar-refractivity contribution in [1.29, 1.82) is 0 Å². The van der Waals surface area contributed by atoms with E-state index in [1.807, 2.05) is 0 Å². The molecular weight excluding hydrogens is 272 g/mol. The zero-order chi connectivity index (χ0) is 15.1. The lowest BCUT2D eigenvalue weighted by molar-refractivity contribution is -0.131. The summed E-state index contributed by atoms with van der Waals surface area (Å²) in [5.74, 6) is -1.16. The quantitative estimate of drug-likeness (QED) is 0.782. The highest BCUT2D eigenvalue weighted by molar-refractivity contribution is 5.91. The van der Waals surface area contributed by atoms with E-state index in [9.17, 15) is 9.59 Å². The van der Waals surface area contributed by atoms with Crippen LogP contribution in [0.4, 0.5) is 5.69 Å². The fraction of sp³-hybridized carbons (Fsp3) is 0.143. The van der Waals surface area contributed by atoms with Gasteiger partial charge in [-0.05, 0) is 23.8 Å². The molecule has 2 aromatic rings. The van der Waals surface area contributed by atoms with Crippen LogP contribution in [0.5, 0.6) is 0 Å². The van der Waals surface area contributed by atoms with E-state index < -0.39 is 5.97 Å². The van der Waals surface area contributed by atoms with Crippen molar-refractivity contribution in [2.45, 2.75) is 13.0 Å². The van der Waals surface area contributed by atoms with E-state index in [1.54, 1.807) is 41.3 Å². The second kappa shape index (κ2) is 6.99. The first-order valence-corrected chi connectivity index (χ1v) is 6.28. The minimum Gasteiger partial charge on any atom is -0.478 e. The Hall–Kier alpha value is -2.96. The van der Waals surface area contributed by atoms with Crippen molar-refractivity contribution in [3.8, 4) is 0 Å². The van der Waals surface area contributed by atoms with E-state index in [4.69, 9.17) is 5.11 Å². The number of aryl methyl sites for hydroxylation is 1. The van der Waals surface area contributed by atoms with Crippen LogP contribution in [0, 0.1) is 0 Å². The molecule has 0 aliphatic rings. The van der Waals surface area contributed by atoms with Gasteiger partial charge in [-0.1, -0.05) is 17.3 Å². The number of carbonyl (C=O) groups is 2. The largest absolute Gasteiger partial charge is 0.478 e. The summed E-state index contributed by atoms with van der Waals surface area (Å²) in [7, 11) is 0. The van der Waals surface area contributed by atoms with E-state index >= 15 is 0 Å². The molecule has 0 aliphatic heterocycles. The van der Waals surface area contributed by atoms with Gasteiger partial charge in [-0.3, -0.25) is 9.48 Å². The van der Waals surface area contributed by atoms with E-state index in [1.165, 1.54) is 6.08 Å². The molecule has 7 heteroatoms. The van der Waals surface area contributed by atoms with Gasteiger partial charge in [0.05, 0.1) is 12.7 Å². The number of carboxylic acid groups (broad SMARTS) is 1. The zero-order valence-corrected chi connectivity index (χ0v) is 11.1. The summed E-state index contributed by atoms with van der Waals surface area (Å²) >= 11 is 0. The predicted molar refractivity (Wildman–Crippen MR) is 76.4 cm³/mol. The lowest BCUT2D eigenvalue weighted by Gasteiger charge is -2.06. The smallest absolute Gasteiger partial charge is 0.328 e. The summed E-state index contributed by atoms with van der Waals surface area (Å²) in [6.45, 7) is 0.449. The second-order valence-corrected chi connectivity index (χ2v) is 4.26. The minimum atomic E-state index is -1.02. The molecule has 2 rings (SSSR count). The van der Waals surface area contributed by atoms with E-state index in [2.05, 4.69) is 15.6 Å². The minimum absolute atomic E-state index is 0.148. The number of hydrogen-bond donors (Lipinski definition) is 2. The number of aliphatic carboxylic acids is 1. The number of amides is 1. The summed E-state index contributed by atoms with van der Waals surface area (Å²) in [4.78, 5) is 22.3. The fourth-order valence-corrected chi connectivity index (χ4v) is 1.68. The maximum atomic E-state index is 11.8. The molecule has 1 aromatic carbocycles. The van der Waals surface area contributed by atoms with Gasteiger partial charge in [0.15, 0.2) is 0 Å². The molecule has 0 aliphatic carbocycles. The number of hydrogen-bond acceptors (Lipinski definition) is 4. The summed E-state index contributed by atoms with van der Waals surface area (Å²) < 4.78 is 1.58. The van der Waals surface area contributed by atoms with Crippen molar-refractivity contribution in [3.63, 3.8) is 0 Å². The van der Waals surface area contributed by atoms with Gasteiger partial charge in [0.2, 0.25) is 5.91 Å². The van der Waals surface area contributed by atoms with Gasteiger partial charge in [-0.2, -0.15) is 0 Å². The Morgan fingerprint density at radius 1 is 1.38 bits per heavy atom. The summed E-state index contributed by atoms with van der Waals surface area (Å²) in [6, 6.07) is 6.94. The molecule has 0 saturated heterocycles. The molecule has 0 spiro atoms. The fourth-order valence-electron chi connectivity index (χ4n) is 1.68. The standard InChI is InChI=1S/C14H14N4O3/c19-13(6-8-18-9-7-15-17-18)16-12-3-1-2-11(10-12)4-5-14(20)21/h1-5,7,9-10H,6,8H2,(H,16,19)(H,20,21)/b5-4+. The molecule has 1 aromatic heterocycles. The lowest BCUT2D eigenvalue weighted by Crippen LogP contribution is -2.14. The summed E-state index contributed by atoms with van der Waals surface area (Å²) in [6.07, 6.45) is 6.03. The molecule has 1 heterocycles. The normalized spacial score (nSPS) is 10.7. The van der Waals surface area contributed by atoms with Crippen molar-refractivity contribution in [2.75, 3.05) is 5.32 Å². The summed E-state index contributed by atoms with van der Waals surface area (Å²) in [5.41, 5.74) is 1.32. The van der Waals surface area contributed by atoms with Crippen LogP contribution in [0.15, 0.2) is 42.7 Å². The molecular formula is C14H14N4O3. The first-order chi connectivity index (χ1) is 10.1. The zero-order valence-electron chi connectivity index (χ0n) is 11.1. The van der Waals surface area contributed by atoms with Crippen molar-refractivity contribution in [1.82, 2.24) is 15.0 Å². The highest BCUT2D eigenvalue weighted by Gasteiger charge is 2.03. The molecule has 1 amide bonds. The molecule has 0 radical (unpaired) electrons. The van der Waals surface area contributed by atoms with Crippen LogP contribution in [-0.4, -0.2) is 32.0 Å².